The predicted octanol–water partition coefficient (Wildman–Crippen LogP) is 1.91. The number of morpholine rings is 1. The summed E-state index contributed by atoms with van der Waals surface area (Å²) in [6, 6.07) is 10.4. The zero-order valence-electron chi connectivity index (χ0n) is 12.3. The van der Waals surface area contributed by atoms with Crippen molar-refractivity contribution in [2.24, 2.45) is 7.05 Å². The van der Waals surface area contributed by atoms with Crippen LogP contribution in [0, 0.1) is 0 Å². The van der Waals surface area contributed by atoms with Gasteiger partial charge >= 0.3 is 0 Å². The predicted molar refractivity (Wildman–Crippen MR) is 83.2 cm³/mol. The molecule has 0 amide bonds. The fraction of sp³-hybridized carbons (Fsp3) is 0.375. The van der Waals surface area contributed by atoms with Gasteiger partial charge in [-0.3, -0.25) is 0 Å². The zero-order chi connectivity index (χ0) is 14.5. The smallest absolute Gasteiger partial charge is 0.224 e. The highest BCUT2D eigenvalue weighted by Gasteiger charge is 2.16. The number of benzene rings is 1. The van der Waals surface area contributed by atoms with Crippen LogP contribution in [0.1, 0.15) is 11.4 Å². The topological polar surface area (TPSA) is 43.2 Å². The van der Waals surface area contributed by atoms with E-state index in [1.807, 2.05) is 23.9 Å². The monoisotopic (exact) mass is 284 g/mol. The standard InChI is InChI=1S/C16H20N4O/c1-19-16(20-10-12-21-13-11-20)17-15(18-19)9-5-8-14-6-3-2-4-7-14/h2-7,9H,8,10-13H2,1H3. The molecule has 5 nitrogen and oxygen atoms in total. The zero-order valence-corrected chi connectivity index (χ0v) is 12.3. The number of ether oxygens (including phenoxy) is 1. The van der Waals surface area contributed by atoms with Gasteiger partial charge in [-0.05, 0) is 18.1 Å². The van der Waals surface area contributed by atoms with Crippen LogP contribution in [-0.2, 0) is 18.2 Å². The SMILES string of the molecule is Cn1nc(C=CCc2ccccc2)nc1N1CCOCC1. The molecule has 0 radical (unpaired) electrons. The summed E-state index contributed by atoms with van der Waals surface area (Å²) in [4.78, 5) is 6.81. The lowest BCUT2D eigenvalue weighted by atomic mass is 10.1. The Morgan fingerprint density at radius 1 is 1.19 bits per heavy atom. The number of allylic oxidation sites excluding steroid dienone is 1. The summed E-state index contributed by atoms with van der Waals surface area (Å²) < 4.78 is 7.21. The third-order valence-corrected chi connectivity index (χ3v) is 3.51. The lowest BCUT2D eigenvalue weighted by Gasteiger charge is -2.26. The molecular weight excluding hydrogens is 264 g/mol. The van der Waals surface area contributed by atoms with E-state index in [9.17, 15) is 0 Å². The molecule has 1 aliphatic heterocycles. The van der Waals surface area contributed by atoms with Gasteiger partial charge in [0.15, 0.2) is 5.82 Å². The molecule has 5 heteroatoms. The van der Waals surface area contributed by atoms with Gasteiger partial charge in [-0.25, -0.2) is 4.68 Å². The van der Waals surface area contributed by atoms with Crippen molar-refractivity contribution in [3.63, 3.8) is 0 Å². The molecule has 0 atom stereocenters. The molecule has 1 aromatic heterocycles. The van der Waals surface area contributed by atoms with Crippen molar-refractivity contribution in [2.45, 2.75) is 6.42 Å². The Morgan fingerprint density at radius 3 is 2.71 bits per heavy atom. The van der Waals surface area contributed by atoms with Gasteiger partial charge < -0.3 is 9.64 Å². The summed E-state index contributed by atoms with van der Waals surface area (Å²) in [5, 5.41) is 4.45. The largest absolute Gasteiger partial charge is 0.378 e. The number of rotatable bonds is 4. The maximum atomic E-state index is 5.37. The minimum atomic E-state index is 0.756. The van der Waals surface area contributed by atoms with E-state index in [0.717, 1.165) is 44.5 Å². The molecule has 21 heavy (non-hydrogen) atoms. The molecule has 0 spiro atoms. The Bertz CT molecular complexity index is 600. The number of aryl methyl sites for hydroxylation is 1. The lowest BCUT2D eigenvalue weighted by Crippen LogP contribution is -2.37. The van der Waals surface area contributed by atoms with Crippen molar-refractivity contribution in [1.29, 1.82) is 0 Å². The van der Waals surface area contributed by atoms with E-state index in [2.05, 4.69) is 45.3 Å². The fourth-order valence-electron chi connectivity index (χ4n) is 2.42. The normalized spacial score (nSPS) is 15.8. The Hall–Kier alpha value is -2.14. The van der Waals surface area contributed by atoms with Crippen LogP contribution in [0.4, 0.5) is 5.95 Å². The van der Waals surface area contributed by atoms with Crippen LogP contribution in [0.25, 0.3) is 6.08 Å². The first kappa shape index (κ1) is 13.8. The quantitative estimate of drug-likeness (QED) is 0.860. The lowest BCUT2D eigenvalue weighted by molar-refractivity contribution is 0.121. The maximum Gasteiger partial charge on any atom is 0.224 e. The molecule has 1 aromatic carbocycles. The number of hydrogen-bond acceptors (Lipinski definition) is 4. The van der Waals surface area contributed by atoms with Gasteiger partial charge in [-0.15, -0.1) is 0 Å². The molecule has 0 saturated carbocycles. The summed E-state index contributed by atoms with van der Waals surface area (Å²) >= 11 is 0. The molecule has 0 unspecified atom stereocenters. The highest BCUT2D eigenvalue weighted by Crippen LogP contribution is 2.13. The summed E-state index contributed by atoms with van der Waals surface area (Å²) in [7, 11) is 1.94. The number of aromatic nitrogens is 3. The molecule has 1 fully saturated rings. The Labute approximate surface area is 124 Å². The van der Waals surface area contributed by atoms with E-state index in [0.29, 0.717) is 0 Å². The molecule has 0 N–H and O–H groups in total. The van der Waals surface area contributed by atoms with E-state index >= 15 is 0 Å². The second-order valence-corrected chi connectivity index (χ2v) is 5.09. The van der Waals surface area contributed by atoms with Crippen molar-refractivity contribution < 1.29 is 4.74 Å². The van der Waals surface area contributed by atoms with Crippen LogP contribution in [0.5, 0.6) is 0 Å². The second kappa shape index (κ2) is 6.54. The molecule has 1 aliphatic rings. The minimum Gasteiger partial charge on any atom is -0.378 e. The van der Waals surface area contributed by atoms with Crippen molar-refractivity contribution in [2.75, 3.05) is 31.2 Å². The molecule has 110 valence electrons. The number of anilines is 1. The van der Waals surface area contributed by atoms with Gasteiger partial charge in [0.25, 0.3) is 0 Å². The van der Waals surface area contributed by atoms with Crippen LogP contribution in [0.3, 0.4) is 0 Å². The molecule has 2 aromatic rings. The van der Waals surface area contributed by atoms with E-state index in [1.165, 1.54) is 5.56 Å². The van der Waals surface area contributed by atoms with Crippen molar-refractivity contribution in [1.82, 2.24) is 14.8 Å². The van der Waals surface area contributed by atoms with Crippen LogP contribution in [0.2, 0.25) is 0 Å². The van der Waals surface area contributed by atoms with E-state index in [-0.39, 0.29) is 0 Å². The van der Waals surface area contributed by atoms with Crippen LogP contribution >= 0.6 is 0 Å². The minimum absolute atomic E-state index is 0.756. The molecular formula is C16H20N4O. The van der Waals surface area contributed by atoms with Crippen LogP contribution in [-0.4, -0.2) is 41.1 Å². The average molecular weight is 284 g/mol. The Morgan fingerprint density at radius 2 is 1.95 bits per heavy atom. The van der Waals surface area contributed by atoms with Crippen molar-refractivity contribution in [3.05, 3.63) is 47.8 Å². The average Bonchev–Trinajstić information content (AvgIpc) is 2.90. The van der Waals surface area contributed by atoms with Gasteiger partial charge in [0.2, 0.25) is 5.95 Å². The van der Waals surface area contributed by atoms with E-state index < -0.39 is 0 Å². The van der Waals surface area contributed by atoms with Crippen LogP contribution in [0.15, 0.2) is 36.4 Å². The Balaban J connectivity index is 1.66. The van der Waals surface area contributed by atoms with Crippen LogP contribution < -0.4 is 4.90 Å². The van der Waals surface area contributed by atoms with E-state index in [4.69, 9.17) is 4.74 Å². The molecule has 0 bridgehead atoms. The summed E-state index contributed by atoms with van der Waals surface area (Å²) in [5.74, 6) is 1.67. The molecule has 0 aliphatic carbocycles. The fourth-order valence-corrected chi connectivity index (χ4v) is 2.42. The number of hydrogen-bond donors (Lipinski definition) is 0. The molecule has 3 rings (SSSR count). The number of nitrogens with zero attached hydrogens (tertiary/aromatic N) is 4. The highest BCUT2D eigenvalue weighted by atomic mass is 16.5. The summed E-state index contributed by atoms with van der Waals surface area (Å²) in [6.07, 6.45) is 4.98. The Kier molecular flexibility index (Phi) is 4.31. The van der Waals surface area contributed by atoms with Gasteiger partial charge in [0, 0.05) is 20.1 Å². The first-order chi connectivity index (χ1) is 10.3. The van der Waals surface area contributed by atoms with Gasteiger partial charge in [-0.1, -0.05) is 36.4 Å². The second-order valence-electron chi connectivity index (χ2n) is 5.09. The summed E-state index contributed by atoms with van der Waals surface area (Å²) in [6.45, 7) is 3.26. The van der Waals surface area contributed by atoms with Gasteiger partial charge in [0.1, 0.15) is 0 Å². The summed E-state index contributed by atoms with van der Waals surface area (Å²) in [5.41, 5.74) is 1.29. The van der Waals surface area contributed by atoms with E-state index in [1.54, 1.807) is 0 Å². The molecule has 1 saturated heterocycles. The first-order valence-electron chi connectivity index (χ1n) is 7.27. The van der Waals surface area contributed by atoms with Crippen molar-refractivity contribution in [3.8, 4) is 0 Å². The molecule has 2 heterocycles. The highest BCUT2D eigenvalue weighted by molar-refractivity contribution is 5.44. The third-order valence-electron chi connectivity index (χ3n) is 3.51. The third kappa shape index (κ3) is 3.49. The van der Waals surface area contributed by atoms with Gasteiger partial charge in [-0.2, -0.15) is 10.1 Å². The maximum absolute atomic E-state index is 5.37. The van der Waals surface area contributed by atoms with Gasteiger partial charge in [0.05, 0.1) is 13.2 Å². The van der Waals surface area contributed by atoms with Crippen molar-refractivity contribution >= 4 is 12.0 Å². The first-order valence-corrected chi connectivity index (χ1v) is 7.27.